The zero-order chi connectivity index (χ0) is 16.3. The molecule has 0 aliphatic carbocycles. The van der Waals surface area contributed by atoms with Gasteiger partial charge in [0.05, 0.1) is 17.6 Å². The van der Waals surface area contributed by atoms with Gasteiger partial charge in [0.25, 0.3) is 0 Å². The lowest BCUT2D eigenvalue weighted by Gasteiger charge is -2.21. The highest BCUT2D eigenvalue weighted by Crippen LogP contribution is 2.30. The molecule has 4 atom stereocenters. The zero-order valence-electron chi connectivity index (χ0n) is 12.8. The van der Waals surface area contributed by atoms with Crippen molar-refractivity contribution in [3.8, 4) is 6.07 Å². The van der Waals surface area contributed by atoms with Gasteiger partial charge < -0.3 is 14.6 Å². The number of nitrogens with one attached hydrogen (secondary N) is 1. The van der Waals surface area contributed by atoms with Crippen molar-refractivity contribution < 1.29 is 18.8 Å². The maximum Gasteiger partial charge on any atom is 0.164 e. The Morgan fingerprint density at radius 2 is 2.05 bits per heavy atom. The van der Waals surface area contributed by atoms with E-state index in [0.29, 0.717) is 4.90 Å². The smallest absolute Gasteiger partial charge is 0.164 e. The number of nitriles is 1. The van der Waals surface area contributed by atoms with Crippen molar-refractivity contribution in [1.82, 2.24) is 4.72 Å². The van der Waals surface area contributed by atoms with Crippen LogP contribution in [-0.4, -0.2) is 40.0 Å². The Balaban J connectivity index is 2.10. The monoisotopic (exact) mass is 324 g/mol. The number of aliphatic hydroxyl groups is 1. The van der Waals surface area contributed by atoms with Crippen LogP contribution in [0.15, 0.2) is 29.2 Å². The van der Waals surface area contributed by atoms with E-state index in [1.165, 1.54) is 0 Å². The molecule has 6 nitrogen and oxygen atoms in total. The molecule has 22 heavy (non-hydrogen) atoms. The minimum Gasteiger partial charge on any atom is -0.394 e. The molecule has 1 aromatic rings. The van der Waals surface area contributed by atoms with Crippen molar-refractivity contribution in [3.05, 3.63) is 29.8 Å². The van der Waals surface area contributed by atoms with Crippen LogP contribution in [0, 0.1) is 18.3 Å². The van der Waals surface area contributed by atoms with Gasteiger partial charge in [0.15, 0.2) is 5.79 Å². The van der Waals surface area contributed by atoms with E-state index in [9.17, 15) is 14.6 Å². The zero-order valence-corrected chi connectivity index (χ0v) is 13.6. The van der Waals surface area contributed by atoms with Gasteiger partial charge in [0, 0.05) is 0 Å². The Labute approximate surface area is 132 Å². The molecule has 0 aromatic heterocycles. The fourth-order valence-corrected chi connectivity index (χ4v) is 3.24. The average molecular weight is 324 g/mol. The normalized spacial score (nSPS) is 26.3. The van der Waals surface area contributed by atoms with Crippen LogP contribution >= 0.6 is 0 Å². The molecule has 0 radical (unpaired) electrons. The number of hydrogen-bond acceptors (Lipinski definition) is 5. The van der Waals surface area contributed by atoms with Crippen LogP contribution in [0.4, 0.5) is 0 Å². The highest BCUT2D eigenvalue weighted by atomic mass is 32.2. The van der Waals surface area contributed by atoms with Gasteiger partial charge in [-0.1, -0.05) is 17.7 Å². The first-order valence-electron chi connectivity index (χ1n) is 6.97. The predicted octanol–water partition coefficient (Wildman–Crippen LogP) is 1.01. The second kappa shape index (κ2) is 6.86. The van der Waals surface area contributed by atoms with Gasteiger partial charge in [-0.15, -0.1) is 0 Å². The number of ether oxygens (including phenoxy) is 2. The minimum absolute atomic E-state index is 0.273. The molecule has 1 aromatic carbocycles. The molecule has 1 fully saturated rings. The molecule has 0 unspecified atom stereocenters. The van der Waals surface area contributed by atoms with Crippen molar-refractivity contribution in [2.24, 2.45) is 0 Å². The molecule has 0 amide bonds. The molecule has 1 saturated heterocycles. The number of nitrogens with zero attached hydrogens (tertiary/aromatic N) is 1. The molecule has 120 valence electrons. The fraction of sp³-hybridized carbons (Fsp3) is 0.533. The lowest BCUT2D eigenvalue weighted by molar-refractivity contribution is -0.149. The summed E-state index contributed by atoms with van der Waals surface area (Å²) in [6.45, 7) is 5.09. The second-order valence-corrected chi connectivity index (χ2v) is 6.87. The van der Waals surface area contributed by atoms with Gasteiger partial charge in [0.2, 0.25) is 0 Å². The molecule has 0 saturated carbocycles. The van der Waals surface area contributed by atoms with Crippen molar-refractivity contribution in [3.63, 3.8) is 0 Å². The summed E-state index contributed by atoms with van der Waals surface area (Å²) in [5, 5.41) is 18.7. The first-order valence-corrected chi connectivity index (χ1v) is 8.12. The van der Waals surface area contributed by atoms with E-state index in [2.05, 4.69) is 4.72 Å². The number of rotatable bonds is 5. The third-order valence-electron chi connectivity index (χ3n) is 3.34. The van der Waals surface area contributed by atoms with Crippen molar-refractivity contribution in [2.75, 3.05) is 6.61 Å². The van der Waals surface area contributed by atoms with E-state index in [4.69, 9.17) is 9.47 Å². The topological polar surface area (TPSA) is 91.6 Å². The summed E-state index contributed by atoms with van der Waals surface area (Å²) in [6.07, 6.45) is -1.33. The molecule has 1 aliphatic rings. The molecular weight excluding hydrogens is 304 g/mol. The first-order chi connectivity index (χ1) is 10.4. The third kappa shape index (κ3) is 3.91. The van der Waals surface area contributed by atoms with E-state index in [1.807, 2.05) is 25.1 Å². The summed E-state index contributed by atoms with van der Waals surface area (Å²) in [5.41, 5.74) is 1.06. The Morgan fingerprint density at radius 3 is 2.59 bits per heavy atom. The standard InChI is InChI=1S/C15H20N2O4S/c1-10-4-6-11(7-5-10)22(19)17-12(8-16)14-13(9-18)20-15(2,3)21-14/h4-7,12-14,17-18H,9H2,1-3H3/t12-,13+,14+,22+/m1/s1. The fourth-order valence-electron chi connectivity index (χ4n) is 2.30. The summed E-state index contributed by atoms with van der Waals surface area (Å²) in [4.78, 5) is 0.574. The van der Waals surface area contributed by atoms with Crippen LogP contribution < -0.4 is 4.72 Å². The van der Waals surface area contributed by atoms with Crippen molar-refractivity contribution >= 4 is 11.0 Å². The van der Waals surface area contributed by atoms with Crippen LogP contribution in [0.25, 0.3) is 0 Å². The maximum atomic E-state index is 12.3. The van der Waals surface area contributed by atoms with Gasteiger partial charge in [-0.05, 0) is 32.9 Å². The van der Waals surface area contributed by atoms with Crippen molar-refractivity contribution in [1.29, 1.82) is 5.26 Å². The molecule has 2 rings (SSSR count). The van der Waals surface area contributed by atoms with E-state index in [0.717, 1.165) is 5.56 Å². The van der Waals surface area contributed by atoms with Crippen LogP contribution in [0.1, 0.15) is 19.4 Å². The van der Waals surface area contributed by atoms with E-state index < -0.39 is 35.0 Å². The van der Waals surface area contributed by atoms with Crippen LogP contribution in [-0.2, 0) is 20.5 Å². The first kappa shape index (κ1) is 17.1. The molecule has 0 bridgehead atoms. The van der Waals surface area contributed by atoms with Gasteiger partial charge in [-0.25, -0.2) is 8.93 Å². The Kier molecular flexibility index (Phi) is 5.32. The van der Waals surface area contributed by atoms with Crippen LogP contribution in [0.3, 0.4) is 0 Å². The SMILES string of the molecule is Cc1ccc([S@](=O)N[C@H](C#N)[C@@H]2OC(C)(C)O[C@H]2CO)cc1. The summed E-state index contributed by atoms with van der Waals surface area (Å²) >= 11 is 0. The van der Waals surface area contributed by atoms with E-state index >= 15 is 0 Å². The van der Waals surface area contributed by atoms with E-state index in [-0.39, 0.29) is 6.61 Å². The molecule has 0 spiro atoms. The third-order valence-corrected chi connectivity index (χ3v) is 4.51. The van der Waals surface area contributed by atoms with Gasteiger partial charge >= 0.3 is 0 Å². The molecule has 1 heterocycles. The quantitative estimate of drug-likeness (QED) is 0.843. The van der Waals surface area contributed by atoms with Gasteiger partial charge in [-0.3, -0.25) is 0 Å². The van der Waals surface area contributed by atoms with Gasteiger partial charge in [0.1, 0.15) is 29.2 Å². The molecule has 1 aliphatic heterocycles. The van der Waals surface area contributed by atoms with Crippen LogP contribution in [0.2, 0.25) is 0 Å². The maximum absolute atomic E-state index is 12.3. The largest absolute Gasteiger partial charge is 0.394 e. The molecular formula is C15H20N2O4S. The summed E-state index contributed by atoms with van der Waals surface area (Å²) in [7, 11) is -1.55. The number of aryl methyl sites for hydroxylation is 1. The van der Waals surface area contributed by atoms with Gasteiger partial charge in [-0.2, -0.15) is 5.26 Å². The number of hydrogen-bond donors (Lipinski definition) is 2. The number of aliphatic hydroxyl groups excluding tert-OH is 1. The second-order valence-electron chi connectivity index (χ2n) is 5.63. The lowest BCUT2D eigenvalue weighted by Crippen LogP contribution is -2.46. The molecule has 7 heteroatoms. The Hall–Kier alpha value is -1.30. The van der Waals surface area contributed by atoms with Crippen molar-refractivity contribution in [2.45, 2.75) is 49.7 Å². The number of benzene rings is 1. The summed E-state index contributed by atoms with van der Waals surface area (Å²) < 4.78 is 26.3. The highest BCUT2D eigenvalue weighted by Gasteiger charge is 2.45. The average Bonchev–Trinajstić information content (AvgIpc) is 2.80. The van der Waals surface area contributed by atoms with Crippen LogP contribution in [0.5, 0.6) is 0 Å². The Morgan fingerprint density at radius 1 is 1.41 bits per heavy atom. The van der Waals surface area contributed by atoms with E-state index in [1.54, 1.807) is 26.0 Å². The molecule has 2 N–H and O–H groups in total. The summed E-state index contributed by atoms with van der Waals surface area (Å²) in [6, 6.07) is 8.37. The Bertz CT molecular complexity index is 582. The predicted molar refractivity (Wildman–Crippen MR) is 81.0 cm³/mol. The highest BCUT2D eigenvalue weighted by molar-refractivity contribution is 7.83. The minimum atomic E-state index is -1.55. The summed E-state index contributed by atoms with van der Waals surface area (Å²) in [5.74, 6) is -0.889. The lowest BCUT2D eigenvalue weighted by atomic mass is 10.1.